The first kappa shape index (κ1) is 19.2. The Morgan fingerprint density at radius 3 is 1.93 bits per heavy atom. The first-order valence-electron chi connectivity index (χ1n) is 10.3. The van der Waals surface area contributed by atoms with E-state index in [9.17, 15) is 10.2 Å². The van der Waals surface area contributed by atoms with E-state index in [0.717, 1.165) is 51.9 Å². The molecule has 0 amide bonds. The number of benzene rings is 1. The van der Waals surface area contributed by atoms with Crippen molar-refractivity contribution in [3.05, 3.63) is 23.8 Å². The number of anilines is 3. The Morgan fingerprint density at radius 2 is 1.38 bits per heavy atom. The summed E-state index contributed by atoms with van der Waals surface area (Å²) in [5.41, 5.74) is 3.54. The first-order chi connectivity index (χ1) is 14.2. The van der Waals surface area contributed by atoms with Crippen LogP contribution in [0.2, 0.25) is 0 Å². The number of aromatic nitrogens is 3. The number of piperidine rings is 2. The SMILES string of the molecule is Oc1ccc(/C=N\Nc2nc(N3CCCCC3)nc(N3CCCCC3)n2)cc1O. The molecule has 3 N–H and O–H groups in total. The zero-order valence-electron chi connectivity index (χ0n) is 16.5. The minimum Gasteiger partial charge on any atom is -0.504 e. The Hall–Kier alpha value is -3.10. The van der Waals surface area contributed by atoms with Crippen LogP contribution in [0, 0.1) is 0 Å². The summed E-state index contributed by atoms with van der Waals surface area (Å²) in [5.74, 6) is 1.44. The van der Waals surface area contributed by atoms with Gasteiger partial charge in [0.25, 0.3) is 0 Å². The van der Waals surface area contributed by atoms with Crippen LogP contribution in [-0.2, 0) is 0 Å². The summed E-state index contributed by atoms with van der Waals surface area (Å²) in [7, 11) is 0. The third kappa shape index (κ3) is 4.85. The monoisotopic (exact) mass is 397 g/mol. The number of phenolic OH excluding ortho intramolecular Hbond substituents is 2. The summed E-state index contributed by atoms with van der Waals surface area (Å²) >= 11 is 0. The molecule has 1 aromatic heterocycles. The topological polar surface area (TPSA) is 110 Å². The molecule has 4 rings (SSSR count). The number of rotatable bonds is 5. The van der Waals surface area contributed by atoms with Gasteiger partial charge in [-0.3, -0.25) is 0 Å². The van der Waals surface area contributed by atoms with Crippen LogP contribution in [0.3, 0.4) is 0 Å². The van der Waals surface area contributed by atoms with Gasteiger partial charge in [0.15, 0.2) is 11.5 Å². The van der Waals surface area contributed by atoms with Crippen molar-refractivity contribution in [2.75, 3.05) is 41.4 Å². The van der Waals surface area contributed by atoms with Crippen LogP contribution in [0.4, 0.5) is 17.8 Å². The van der Waals surface area contributed by atoms with Crippen LogP contribution in [0.1, 0.15) is 44.1 Å². The van der Waals surface area contributed by atoms with Crippen molar-refractivity contribution in [2.45, 2.75) is 38.5 Å². The van der Waals surface area contributed by atoms with E-state index in [1.807, 2.05) is 0 Å². The molecule has 2 aliphatic rings. The number of nitrogens with one attached hydrogen (secondary N) is 1. The molecular weight excluding hydrogens is 370 g/mol. The molecule has 0 aliphatic carbocycles. The van der Waals surface area contributed by atoms with Crippen LogP contribution >= 0.6 is 0 Å². The van der Waals surface area contributed by atoms with Gasteiger partial charge in [0, 0.05) is 26.2 Å². The molecule has 0 saturated carbocycles. The van der Waals surface area contributed by atoms with Crippen molar-refractivity contribution in [3.8, 4) is 11.5 Å². The number of phenols is 2. The lowest BCUT2D eigenvalue weighted by atomic mass is 10.1. The second-order valence-corrected chi connectivity index (χ2v) is 7.47. The maximum absolute atomic E-state index is 9.60. The molecule has 2 aliphatic heterocycles. The number of hydrogen-bond donors (Lipinski definition) is 3. The van der Waals surface area contributed by atoms with Crippen molar-refractivity contribution in [3.63, 3.8) is 0 Å². The molecule has 0 spiro atoms. The molecule has 2 aromatic rings. The third-order valence-corrected chi connectivity index (χ3v) is 5.27. The highest BCUT2D eigenvalue weighted by Crippen LogP contribution is 2.24. The van der Waals surface area contributed by atoms with E-state index in [-0.39, 0.29) is 11.5 Å². The van der Waals surface area contributed by atoms with Crippen LogP contribution < -0.4 is 15.2 Å². The summed E-state index contributed by atoms with van der Waals surface area (Å²) in [5, 5.41) is 23.2. The van der Waals surface area contributed by atoms with Crippen molar-refractivity contribution in [2.24, 2.45) is 5.10 Å². The van der Waals surface area contributed by atoms with Gasteiger partial charge < -0.3 is 20.0 Å². The molecule has 29 heavy (non-hydrogen) atoms. The summed E-state index contributed by atoms with van der Waals surface area (Å²) < 4.78 is 0. The normalized spacial score (nSPS) is 17.7. The lowest BCUT2D eigenvalue weighted by Gasteiger charge is -2.30. The summed E-state index contributed by atoms with van der Waals surface area (Å²) in [6.07, 6.45) is 8.63. The van der Waals surface area contributed by atoms with Crippen LogP contribution in [-0.4, -0.2) is 57.6 Å². The second-order valence-electron chi connectivity index (χ2n) is 7.47. The minimum absolute atomic E-state index is 0.162. The smallest absolute Gasteiger partial charge is 0.250 e. The Kier molecular flexibility index (Phi) is 5.92. The molecule has 9 heteroatoms. The first-order valence-corrected chi connectivity index (χ1v) is 10.3. The average molecular weight is 397 g/mol. The quantitative estimate of drug-likeness (QED) is 0.401. The molecule has 9 nitrogen and oxygen atoms in total. The lowest BCUT2D eigenvalue weighted by Crippen LogP contribution is -2.34. The third-order valence-electron chi connectivity index (χ3n) is 5.27. The van der Waals surface area contributed by atoms with Crippen molar-refractivity contribution in [1.29, 1.82) is 0 Å². The number of hydrogen-bond acceptors (Lipinski definition) is 9. The van der Waals surface area contributed by atoms with Gasteiger partial charge >= 0.3 is 0 Å². The van der Waals surface area contributed by atoms with Gasteiger partial charge in [-0.2, -0.15) is 20.1 Å². The van der Waals surface area contributed by atoms with Gasteiger partial charge in [0.05, 0.1) is 6.21 Å². The Labute approximate surface area is 170 Å². The van der Waals surface area contributed by atoms with Crippen molar-refractivity contribution in [1.82, 2.24) is 15.0 Å². The fourth-order valence-corrected chi connectivity index (χ4v) is 3.66. The van der Waals surface area contributed by atoms with E-state index in [1.54, 1.807) is 12.3 Å². The molecule has 0 atom stereocenters. The Bertz CT molecular complexity index is 826. The molecule has 1 aromatic carbocycles. The highest BCUT2D eigenvalue weighted by atomic mass is 16.3. The molecule has 2 saturated heterocycles. The molecule has 0 bridgehead atoms. The predicted octanol–water partition coefficient (Wildman–Crippen LogP) is 2.71. The molecule has 0 radical (unpaired) electrons. The van der Waals surface area contributed by atoms with Gasteiger partial charge in [0.1, 0.15) is 0 Å². The largest absolute Gasteiger partial charge is 0.504 e. The number of nitrogens with zero attached hydrogens (tertiary/aromatic N) is 6. The molecule has 0 unspecified atom stereocenters. The lowest BCUT2D eigenvalue weighted by molar-refractivity contribution is 0.403. The zero-order chi connectivity index (χ0) is 20.1. The van der Waals surface area contributed by atoms with Gasteiger partial charge in [-0.05, 0) is 62.3 Å². The zero-order valence-corrected chi connectivity index (χ0v) is 16.5. The molecular formula is C20H27N7O2. The summed E-state index contributed by atoms with van der Waals surface area (Å²) in [6.45, 7) is 3.83. The predicted molar refractivity (Wildman–Crippen MR) is 113 cm³/mol. The van der Waals surface area contributed by atoms with E-state index in [1.165, 1.54) is 25.0 Å². The van der Waals surface area contributed by atoms with E-state index in [4.69, 9.17) is 4.98 Å². The van der Waals surface area contributed by atoms with Crippen LogP contribution in [0.15, 0.2) is 23.3 Å². The summed E-state index contributed by atoms with van der Waals surface area (Å²) in [6, 6.07) is 4.51. The van der Waals surface area contributed by atoms with Crippen molar-refractivity contribution >= 4 is 24.1 Å². The van der Waals surface area contributed by atoms with E-state index < -0.39 is 0 Å². The Balaban J connectivity index is 1.55. The molecule has 154 valence electrons. The van der Waals surface area contributed by atoms with Crippen LogP contribution in [0.25, 0.3) is 0 Å². The average Bonchev–Trinajstić information content (AvgIpc) is 2.77. The van der Waals surface area contributed by atoms with E-state index >= 15 is 0 Å². The Morgan fingerprint density at radius 1 is 0.793 bits per heavy atom. The molecule has 2 fully saturated rings. The second kappa shape index (κ2) is 8.93. The highest BCUT2D eigenvalue weighted by molar-refractivity contribution is 5.81. The van der Waals surface area contributed by atoms with Gasteiger partial charge in [-0.15, -0.1) is 0 Å². The van der Waals surface area contributed by atoms with E-state index in [0.29, 0.717) is 23.4 Å². The minimum atomic E-state index is -0.186. The highest BCUT2D eigenvalue weighted by Gasteiger charge is 2.20. The van der Waals surface area contributed by atoms with Gasteiger partial charge in [-0.1, -0.05) is 0 Å². The maximum atomic E-state index is 9.60. The van der Waals surface area contributed by atoms with Crippen LogP contribution in [0.5, 0.6) is 11.5 Å². The van der Waals surface area contributed by atoms with E-state index in [2.05, 4.69) is 30.3 Å². The fourth-order valence-electron chi connectivity index (χ4n) is 3.66. The summed E-state index contributed by atoms with van der Waals surface area (Å²) in [4.78, 5) is 18.3. The fraction of sp³-hybridized carbons (Fsp3) is 0.500. The van der Waals surface area contributed by atoms with Gasteiger partial charge in [0.2, 0.25) is 17.8 Å². The van der Waals surface area contributed by atoms with Gasteiger partial charge in [-0.25, -0.2) is 5.43 Å². The number of aromatic hydroxyl groups is 2. The maximum Gasteiger partial charge on any atom is 0.250 e. The van der Waals surface area contributed by atoms with Crippen molar-refractivity contribution < 1.29 is 10.2 Å². The number of hydrazone groups is 1. The standard InChI is InChI=1S/C20H27N7O2/c28-16-8-7-15(13-17(16)29)14-21-25-18-22-19(26-9-3-1-4-10-26)24-20(23-18)27-11-5-2-6-12-27/h7-8,13-14,28-29H,1-6,9-12H2,(H,22,23,24,25)/b21-14-. The molecule has 3 heterocycles.